The molecule has 142 valence electrons. The third-order valence-corrected chi connectivity index (χ3v) is 4.67. The van der Waals surface area contributed by atoms with E-state index in [4.69, 9.17) is 11.6 Å². The second-order valence-electron chi connectivity index (χ2n) is 6.60. The minimum absolute atomic E-state index is 0.0442. The minimum atomic E-state index is -0.540. The predicted molar refractivity (Wildman–Crippen MR) is 107 cm³/mol. The molecule has 9 heteroatoms. The van der Waals surface area contributed by atoms with Crippen LogP contribution in [0, 0.1) is 5.82 Å². The first kappa shape index (κ1) is 18.1. The number of rotatable bonds is 4. The van der Waals surface area contributed by atoms with E-state index in [9.17, 15) is 9.18 Å². The number of aromatic amines is 2. The van der Waals surface area contributed by atoms with Crippen molar-refractivity contribution >= 4 is 34.1 Å². The third-order valence-electron chi connectivity index (χ3n) is 4.38. The van der Waals surface area contributed by atoms with Gasteiger partial charge in [0.1, 0.15) is 18.0 Å². The minimum Gasteiger partial charge on any atom is -0.338 e. The van der Waals surface area contributed by atoms with Gasteiger partial charge in [-0.15, -0.1) is 0 Å². The molecule has 0 saturated heterocycles. The molecule has 0 aliphatic heterocycles. The number of benzene rings is 1. The van der Waals surface area contributed by atoms with Gasteiger partial charge in [-0.05, 0) is 29.7 Å². The van der Waals surface area contributed by atoms with Gasteiger partial charge in [-0.25, -0.2) is 14.4 Å². The summed E-state index contributed by atoms with van der Waals surface area (Å²) in [6.45, 7) is 3.94. The van der Waals surface area contributed by atoms with Gasteiger partial charge in [0.05, 0.1) is 22.3 Å². The molecule has 4 rings (SSSR count). The number of anilines is 2. The van der Waals surface area contributed by atoms with Gasteiger partial charge in [0.2, 0.25) is 0 Å². The standard InChI is InChI=1S/C19H16ClFN6O/c1-9(2)16-15(25-17-12-7-24-27-18(12)23-8-22-17)6-11(19(28)26-16)10-3-4-14(21)13(20)5-10/h3-9H,1-2H3,(H,26,28)(H2,22,23,24,25,27). The van der Waals surface area contributed by atoms with Gasteiger partial charge in [-0.2, -0.15) is 5.10 Å². The highest BCUT2D eigenvalue weighted by atomic mass is 35.5. The maximum atomic E-state index is 13.5. The molecule has 0 aliphatic carbocycles. The number of fused-ring (bicyclic) bond motifs is 1. The second-order valence-corrected chi connectivity index (χ2v) is 7.01. The summed E-state index contributed by atoms with van der Waals surface area (Å²) < 4.78 is 13.5. The molecule has 0 radical (unpaired) electrons. The van der Waals surface area contributed by atoms with Crippen molar-refractivity contribution in [2.24, 2.45) is 0 Å². The lowest BCUT2D eigenvalue weighted by Crippen LogP contribution is -2.15. The Balaban J connectivity index is 1.86. The van der Waals surface area contributed by atoms with Crippen LogP contribution in [0.3, 0.4) is 0 Å². The van der Waals surface area contributed by atoms with Crippen LogP contribution in [0.15, 0.2) is 41.6 Å². The van der Waals surface area contributed by atoms with E-state index in [-0.39, 0.29) is 16.5 Å². The molecule has 0 spiro atoms. The Bertz CT molecular complexity index is 1230. The summed E-state index contributed by atoms with van der Waals surface area (Å²) in [5.74, 6) is 0.0563. The van der Waals surface area contributed by atoms with Crippen LogP contribution in [-0.2, 0) is 0 Å². The van der Waals surface area contributed by atoms with Crippen LogP contribution in [0.4, 0.5) is 15.9 Å². The zero-order valence-corrected chi connectivity index (χ0v) is 15.8. The Hall–Kier alpha value is -3.26. The molecule has 7 nitrogen and oxygen atoms in total. The Kier molecular flexibility index (Phi) is 4.56. The highest BCUT2D eigenvalue weighted by molar-refractivity contribution is 6.31. The maximum Gasteiger partial charge on any atom is 0.256 e. The summed E-state index contributed by atoms with van der Waals surface area (Å²) in [5.41, 5.74) is 2.59. The van der Waals surface area contributed by atoms with Gasteiger partial charge in [0.25, 0.3) is 5.56 Å². The monoisotopic (exact) mass is 398 g/mol. The van der Waals surface area contributed by atoms with Crippen molar-refractivity contribution in [3.63, 3.8) is 0 Å². The molecular formula is C19H16ClFN6O. The fourth-order valence-corrected chi connectivity index (χ4v) is 3.15. The van der Waals surface area contributed by atoms with Gasteiger partial charge >= 0.3 is 0 Å². The van der Waals surface area contributed by atoms with Crippen LogP contribution < -0.4 is 10.9 Å². The van der Waals surface area contributed by atoms with Gasteiger partial charge in [0, 0.05) is 11.3 Å². The van der Waals surface area contributed by atoms with Gasteiger partial charge in [-0.3, -0.25) is 9.89 Å². The summed E-state index contributed by atoms with van der Waals surface area (Å²) in [7, 11) is 0. The molecule has 3 aromatic heterocycles. The number of nitrogens with zero attached hydrogens (tertiary/aromatic N) is 3. The van der Waals surface area contributed by atoms with Gasteiger partial charge in [0.15, 0.2) is 5.65 Å². The highest BCUT2D eigenvalue weighted by Gasteiger charge is 2.16. The molecule has 0 unspecified atom stereocenters. The number of aromatic nitrogens is 5. The van der Waals surface area contributed by atoms with Crippen LogP contribution >= 0.6 is 11.6 Å². The molecule has 0 bridgehead atoms. The fraction of sp³-hybridized carbons (Fsp3) is 0.158. The molecule has 1 aromatic carbocycles. The van der Waals surface area contributed by atoms with Crippen molar-refractivity contribution in [3.8, 4) is 11.1 Å². The quantitative estimate of drug-likeness (QED) is 0.474. The molecule has 0 fully saturated rings. The summed E-state index contributed by atoms with van der Waals surface area (Å²) in [6.07, 6.45) is 3.04. The Morgan fingerprint density at radius 3 is 2.79 bits per heavy atom. The Morgan fingerprint density at radius 1 is 1.21 bits per heavy atom. The molecule has 0 amide bonds. The number of hydrogen-bond acceptors (Lipinski definition) is 5. The van der Waals surface area contributed by atoms with Crippen LogP contribution in [0.5, 0.6) is 0 Å². The lowest BCUT2D eigenvalue weighted by Gasteiger charge is -2.16. The van der Waals surface area contributed by atoms with Crippen LogP contribution in [0.2, 0.25) is 5.02 Å². The van der Waals surface area contributed by atoms with Crippen molar-refractivity contribution in [2.75, 3.05) is 5.32 Å². The second kappa shape index (κ2) is 7.05. The van der Waals surface area contributed by atoms with E-state index < -0.39 is 5.82 Å². The van der Waals surface area contributed by atoms with E-state index in [0.29, 0.717) is 28.3 Å². The fourth-order valence-electron chi connectivity index (χ4n) is 2.97. The largest absolute Gasteiger partial charge is 0.338 e. The smallest absolute Gasteiger partial charge is 0.256 e. The summed E-state index contributed by atoms with van der Waals surface area (Å²) in [4.78, 5) is 24.0. The van der Waals surface area contributed by atoms with Crippen molar-refractivity contribution in [3.05, 3.63) is 63.7 Å². The first-order valence-electron chi connectivity index (χ1n) is 8.57. The third kappa shape index (κ3) is 3.22. The van der Waals surface area contributed by atoms with Crippen molar-refractivity contribution in [1.82, 2.24) is 25.1 Å². The van der Waals surface area contributed by atoms with E-state index in [1.165, 1.54) is 24.5 Å². The van der Waals surface area contributed by atoms with E-state index >= 15 is 0 Å². The first-order valence-corrected chi connectivity index (χ1v) is 8.95. The number of nitrogens with one attached hydrogen (secondary N) is 3. The molecule has 0 aliphatic rings. The van der Waals surface area contributed by atoms with Crippen molar-refractivity contribution in [2.45, 2.75) is 19.8 Å². The summed E-state index contributed by atoms with van der Waals surface area (Å²) in [6, 6.07) is 5.90. The zero-order valence-electron chi connectivity index (χ0n) is 15.0. The molecule has 0 atom stereocenters. The number of halogens is 2. The molecule has 3 heterocycles. The maximum absolute atomic E-state index is 13.5. The lowest BCUT2D eigenvalue weighted by molar-refractivity contribution is 0.628. The molecule has 3 N–H and O–H groups in total. The Labute approximate surface area is 164 Å². The average molecular weight is 399 g/mol. The van der Waals surface area contributed by atoms with Crippen molar-refractivity contribution < 1.29 is 4.39 Å². The lowest BCUT2D eigenvalue weighted by atomic mass is 10.0. The summed E-state index contributed by atoms with van der Waals surface area (Å²) in [5, 5.41) is 10.7. The van der Waals surface area contributed by atoms with Crippen LogP contribution in [-0.4, -0.2) is 25.1 Å². The molecular weight excluding hydrogens is 383 g/mol. The predicted octanol–water partition coefficient (Wildman–Crippen LogP) is 4.37. The molecule has 28 heavy (non-hydrogen) atoms. The van der Waals surface area contributed by atoms with Crippen LogP contribution in [0.1, 0.15) is 25.5 Å². The Morgan fingerprint density at radius 2 is 2.04 bits per heavy atom. The van der Waals surface area contributed by atoms with E-state index in [1.54, 1.807) is 12.3 Å². The van der Waals surface area contributed by atoms with Crippen LogP contribution in [0.25, 0.3) is 22.2 Å². The number of hydrogen-bond donors (Lipinski definition) is 3. The normalized spacial score (nSPS) is 11.3. The van der Waals surface area contributed by atoms with Gasteiger partial charge < -0.3 is 10.3 Å². The average Bonchev–Trinajstić information content (AvgIpc) is 3.15. The SMILES string of the molecule is CC(C)c1[nH]c(=O)c(-c2ccc(F)c(Cl)c2)cc1Nc1ncnc2[nH]ncc12. The van der Waals surface area contributed by atoms with Gasteiger partial charge in [-0.1, -0.05) is 31.5 Å². The number of pyridine rings is 1. The first-order chi connectivity index (χ1) is 13.4. The molecule has 0 saturated carbocycles. The van der Waals surface area contributed by atoms with E-state index in [0.717, 1.165) is 11.1 Å². The zero-order chi connectivity index (χ0) is 19.8. The van der Waals surface area contributed by atoms with E-state index in [1.807, 2.05) is 13.8 Å². The van der Waals surface area contributed by atoms with E-state index in [2.05, 4.69) is 30.5 Å². The summed E-state index contributed by atoms with van der Waals surface area (Å²) >= 11 is 5.89. The molecule has 4 aromatic rings. The number of H-pyrrole nitrogens is 2. The topological polar surface area (TPSA) is 99.4 Å². The van der Waals surface area contributed by atoms with Crippen molar-refractivity contribution in [1.29, 1.82) is 0 Å². The highest BCUT2D eigenvalue weighted by Crippen LogP contribution is 2.30.